The van der Waals surface area contributed by atoms with Crippen molar-refractivity contribution in [1.82, 2.24) is 0 Å². The summed E-state index contributed by atoms with van der Waals surface area (Å²) in [4.78, 5) is 13.7. The van der Waals surface area contributed by atoms with E-state index in [0.717, 1.165) is 6.42 Å². The number of carbonyl (C=O) groups is 1. The number of Topliss-reactive ketones (excluding diaryl/α,β-unsaturated/α-hetero) is 1. The van der Waals surface area contributed by atoms with Crippen LogP contribution in [0.1, 0.15) is 34.1 Å². The van der Waals surface area contributed by atoms with E-state index in [1.54, 1.807) is 19.1 Å². The third-order valence-electron chi connectivity index (χ3n) is 7.93. The van der Waals surface area contributed by atoms with Crippen molar-refractivity contribution < 1.29 is 25.2 Å². The topological polar surface area (TPSA) is 98.0 Å². The van der Waals surface area contributed by atoms with E-state index in [0.29, 0.717) is 11.5 Å². The first kappa shape index (κ1) is 17.4. The van der Waals surface area contributed by atoms with Gasteiger partial charge in [-0.25, -0.2) is 0 Å². The lowest BCUT2D eigenvalue weighted by Crippen LogP contribution is -2.65. The normalized spacial score (nSPS) is 53.2. The molecule has 0 radical (unpaired) electrons. The molecular weight excluding hydrogens is 320 g/mol. The van der Waals surface area contributed by atoms with Gasteiger partial charge in [-0.3, -0.25) is 4.79 Å². The molecule has 0 unspecified atom stereocenters. The zero-order valence-electron chi connectivity index (χ0n) is 15.2. The lowest BCUT2D eigenvalue weighted by Gasteiger charge is -2.48. The number of aliphatic hydroxyl groups excluding tert-OH is 3. The summed E-state index contributed by atoms with van der Waals surface area (Å²) in [6, 6.07) is 0. The molecule has 0 heterocycles. The van der Waals surface area contributed by atoms with Crippen molar-refractivity contribution in [2.75, 3.05) is 6.61 Å². The van der Waals surface area contributed by atoms with Crippen LogP contribution in [-0.2, 0) is 4.79 Å². The number of hydrogen-bond acceptors (Lipinski definition) is 5. The average molecular weight is 348 g/mol. The Bertz CT molecular complexity index is 707. The Morgan fingerprint density at radius 1 is 1.24 bits per heavy atom. The molecule has 4 aliphatic rings. The molecule has 0 saturated heterocycles. The Morgan fingerprint density at radius 3 is 2.48 bits per heavy atom. The maximum atomic E-state index is 13.7. The predicted molar refractivity (Wildman–Crippen MR) is 91.4 cm³/mol. The van der Waals surface area contributed by atoms with E-state index in [9.17, 15) is 25.2 Å². The summed E-state index contributed by atoms with van der Waals surface area (Å²) in [6.45, 7) is 7.50. The van der Waals surface area contributed by atoms with Crippen LogP contribution in [0.5, 0.6) is 0 Å². The van der Waals surface area contributed by atoms with Gasteiger partial charge in [-0.1, -0.05) is 32.9 Å². The second-order valence-corrected chi connectivity index (χ2v) is 9.27. The molecule has 4 rings (SSSR count). The summed E-state index contributed by atoms with van der Waals surface area (Å²) in [5.74, 6) is -0.288. The van der Waals surface area contributed by atoms with Gasteiger partial charge in [0.25, 0.3) is 0 Å². The molecule has 0 aromatic rings. The Kier molecular flexibility index (Phi) is 3.36. The second kappa shape index (κ2) is 4.83. The van der Waals surface area contributed by atoms with Crippen molar-refractivity contribution in [1.29, 1.82) is 0 Å². The zero-order chi connectivity index (χ0) is 18.5. The quantitative estimate of drug-likeness (QED) is 0.526. The third-order valence-corrected chi connectivity index (χ3v) is 7.93. The molecule has 138 valence electrons. The second-order valence-electron chi connectivity index (χ2n) is 9.27. The van der Waals surface area contributed by atoms with Gasteiger partial charge in [-0.2, -0.15) is 0 Å². The van der Waals surface area contributed by atoms with Gasteiger partial charge in [0.05, 0.1) is 12.0 Å². The van der Waals surface area contributed by atoms with Crippen LogP contribution in [0.15, 0.2) is 23.3 Å². The maximum Gasteiger partial charge on any atom is 0.153 e. The van der Waals surface area contributed by atoms with Crippen molar-refractivity contribution >= 4 is 5.78 Å². The summed E-state index contributed by atoms with van der Waals surface area (Å²) < 4.78 is 0. The van der Waals surface area contributed by atoms with Crippen molar-refractivity contribution in [3.63, 3.8) is 0 Å². The van der Waals surface area contributed by atoms with Gasteiger partial charge in [0.1, 0.15) is 17.8 Å². The van der Waals surface area contributed by atoms with E-state index in [1.165, 1.54) is 0 Å². The van der Waals surface area contributed by atoms with Gasteiger partial charge < -0.3 is 20.4 Å². The number of ketones is 1. The highest BCUT2D eigenvalue weighted by Crippen LogP contribution is 2.71. The van der Waals surface area contributed by atoms with Crippen molar-refractivity contribution in [3.8, 4) is 0 Å². The monoisotopic (exact) mass is 348 g/mol. The Balaban J connectivity index is 1.99. The molecule has 2 saturated carbocycles. The largest absolute Gasteiger partial charge is 0.392 e. The number of fused-ring (bicyclic) bond motifs is 3. The summed E-state index contributed by atoms with van der Waals surface area (Å²) in [6.07, 6.45) is 1.34. The molecule has 4 aliphatic carbocycles. The van der Waals surface area contributed by atoms with Gasteiger partial charge in [0.2, 0.25) is 0 Å². The molecule has 8 atom stereocenters. The minimum Gasteiger partial charge on any atom is -0.392 e. The van der Waals surface area contributed by atoms with Crippen LogP contribution in [-0.4, -0.2) is 50.6 Å². The molecule has 5 nitrogen and oxygen atoms in total. The smallest absolute Gasteiger partial charge is 0.153 e. The summed E-state index contributed by atoms with van der Waals surface area (Å²) in [5.41, 5.74) is -2.58. The molecule has 1 spiro atoms. The Labute approximate surface area is 148 Å². The lowest BCUT2D eigenvalue weighted by molar-refractivity contribution is -0.190. The average Bonchev–Trinajstić information content (AvgIpc) is 3.05. The molecule has 2 fully saturated rings. The third kappa shape index (κ3) is 1.71. The maximum absolute atomic E-state index is 13.7. The number of hydrogen-bond donors (Lipinski definition) is 4. The minimum absolute atomic E-state index is 0.0245. The van der Waals surface area contributed by atoms with Gasteiger partial charge in [0, 0.05) is 5.92 Å². The highest BCUT2D eigenvalue weighted by atomic mass is 16.4. The molecule has 4 N–H and O–H groups in total. The van der Waals surface area contributed by atoms with Crippen LogP contribution in [0.4, 0.5) is 0 Å². The van der Waals surface area contributed by atoms with Crippen LogP contribution >= 0.6 is 0 Å². The van der Waals surface area contributed by atoms with Gasteiger partial charge >= 0.3 is 0 Å². The molecule has 0 aromatic heterocycles. The van der Waals surface area contributed by atoms with E-state index < -0.39 is 35.7 Å². The van der Waals surface area contributed by atoms with Crippen molar-refractivity contribution in [3.05, 3.63) is 23.3 Å². The minimum atomic E-state index is -2.03. The fourth-order valence-electron chi connectivity index (χ4n) is 6.43. The number of carbonyl (C=O) groups excluding carboxylic acids is 1. The molecular formula is C20H28O5. The van der Waals surface area contributed by atoms with Crippen LogP contribution in [0.25, 0.3) is 0 Å². The van der Waals surface area contributed by atoms with Crippen LogP contribution in [0.3, 0.4) is 0 Å². The van der Waals surface area contributed by atoms with Crippen LogP contribution in [0.2, 0.25) is 0 Å². The van der Waals surface area contributed by atoms with Gasteiger partial charge in [-0.15, -0.1) is 0 Å². The van der Waals surface area contributed by atoms with E-state index in [1.807, 2.05) is 6.92 Å². The summed E-state index contributed by atoms with van der Waals surface area (Å²) in [7, 11) is 0. The van der Waals surface area contributed by atoms with Crippen molar-refractivity contribution in [2.45, 2.75) is 51.9 Å². The van der Waals surface area contributed by atoms with Gasteiger partial charge in [-0.05, 0) is 47.7 Å². The molecule has 2 bridgehead atoms. The van der Waals surface area contributed by atoms with Gasteiger partial charge in [0.15, 0.2) is 5.78 Å². The zero-order valence-corrected chi connectivity index (χ0v) is 15.2. The number of aliphatic hydroxyl groups is 4. The van der Waals surface area contributed by atoms with Crippen molar-refractivity contribution in [2.24, 2.45) is 34.5 Å². The fraction of sp³-hybridized carbons (Fsp3) is 0.750. The SMILES string of the molecule is CC1=C[C@@]23C(=O)[C@H](C=C(CO)[C@@H](O)[C@@]2(O)[C@H]1O)[C@@H]1[C@H](C[C@@H]3C)C1(C)C. The molecule has 25 heavy (non-hydrogen) atoms. The summed E-state index contributed by atoms with van der Waals surface area (Å²) in [5, 5.41) is 43.0. The highest BCUT2D eigenvalue weighted by Gasteiger charge is 2.75. The molecule has 0 aliphatic heterocycles. The molecule has 0 amide bonds. The molecule has 5 heteroatoms. The number of allylic oxidation sites excluding steroid dienone is 1. The standard InChI is InChI=1S/C20H28O5/c1-9-7-19-10(2)5-13-14(18(13,3)4)12(17(19)24)6-11(8-21)16(23)20(19,25)15(9)22/h6-7,10,12-16,21-23,25H,5,8H2,1-4H3/t10-,12+,13-,14+,15-,16+,19+,20-/m0/s1. The summed E-state index contributed by atoms with van der Waals surface area (Å²) >= 11 is 0. The predicted octanol–water partition coefficient (Wildman–Crippen LogP) is 0.815. The first-order chi connectivity index (χ1) is 11.5. The van der Waals surface area contributed by atoms with E-state index in [2.05, 4.69) is 13.8 Å². The van der Waals surface area contributed by atoms with E-state index >= 15 is 0 Å². The first-order valence-electron chi connectivity index (χ1n) is 9.18. The molecule has 0 aromatic carbocycles. The first-order valence-corrected chi connectivity index (χ1v) is 9.18. The van der Waals surface area contributed by atoms with E-state index in [4.69, 9.17) is 0 Å². The number of rotatable bonds is 1. The highest BCUT2D eigenvalue weighted by molar-refractivity contribution is 5.95. The fourth-order valence-corrected chi connectivity index (χ4v) is 6.43. The van der Waals surface area contributed by atoms with Crippen LogP contribution < -0.4 is 0 Å². The Morgan fingerprint density at radius 2 is 1.88 bits per heavy atom. The Hall–Kier alpha value is -1.01. The van der Waals surface area contributed by atoms with E-state index in [-0.39, 0.29) is 28.6 Å². The lowest BCUT2D eigenvalue weighted by atomic mass is 9.59. The van der Waals surface area contributed by atoms with Crippen LogP contribution in [0, 0.1) is 34.5 Å².